The largest absolute Gasteiger partial charge is 0.451 e. The minimum absolute atomic E-state index is 0.0657. The van der Waals surface area contributed by atoms with Gasteiger partial charge in [-0.1, -0.05) is 12.8 Å². The van der Waals surface area contributed by atoms with Crippen molar-refractivity contribution in [3.05, 3.63) is 0 Å². The Balaban J connectivity index is 3.12. The molecule has 0 amide bonds. The molecule has 72 valence electrons. The van der Waals surface area contributed by atoms with Crippen LogP contribution in [0.15, 0.2) is 0 Å². The van der Waals surface area contributed by atoms with Crippen LogP contribution in [0.25, 0.3) is 0 Å². The average molecular weight is 184 g/mol. The summed E-state index contributed by atoms with van der Waals surface area (Å²) < 4.78 is 34.6. The molecule has 0 atom stereocenters. The van der Waals surface area contributed by atoms with Gasteiger partial charge in [-0.15, -0.1) is 0 Å². The van der Waals surface area contributed by atoms with Crippen molar-refractivity contribution in [3.8, 4) is 0 Å². The zero-order valence-corrected chi connectivity index (χ0v) is 6.64. The van der Waals surface area contributed by atoms with Gasteiger partial charge in [0.15, 0.2) is 0 Å². The van der Waals surface area contributed by atoms with E-state index >= 15 is 0 Å². The summed E-state index contributed by atoms with van der Waals surface area (Å²) in [4.78, 5) is 0. The molecule has 2 nitrogen and oxygen atoms in total. The molecule has 0 saturated carbocycles. The molecule has 0 aliphatic heterocycles. The molecule has 0 heterocycles. The lowest BCUT2D eigenvalue weighted by atomic mass is 9.83. The minimum atomic E-state index is -4.09. The van der Waals surface area contributed by atoms with Crippen molar-refractivity contribution in [2.75, 3.05) is 0 Å². The van der Waals surface area contributed by atoms with Crippen LogP contribution in [-0.2, 0) is 0 Å². The molecule has 0 saturated heterocycles. The van der Waals surface area contributed by atoms with Crippen LogP contribution in [0.1, 0.15) is 25.7 Å². The molecule has 0 bridgehead atoms. The van der Waals surface area contributed by atoms with Crippen molar-refractivity contribution in [2.24, 2.45) is 0 Å². The molecule has 12 heavy (non-hydrogen) atoms. The minimum Gasteiger partial charge on any atom is -0.427 e. The third kappa shape index (κ3) is 9.77. The quantitative estimate of drug-likeness (QED) is 0.502. The molecule has 0 aliphatic carbocycles. The lowest BCUT2D eigenvalue weighted by Gasteiger charge is -2.04. The second-order valence-corrected chi connectivity index (χ2v) is 2.70. The van der Waals surface area contributed by atoms with E-state index in [0.717, 1.165) is 0 Å². The summed E-state index contributed by atoms with van der Waals surface area (Å²) >= 11 is 0. The first-order valence-corrected chi connectivity index (χ1v) is 3.85. The van der Waals surface area contributed by atoms with E-state index in [9.17, 15) is 13.2 Å². The summed E-state index contributed by atoms with van der Waals surface area (Å²) in [5.41, 5.74) is 0. The summed E-state index contributed by atoms with van der Waals surface area (Å²) in [6.45, 7) is 0. The second-order valence-electron chi connectivity index (χ2n) is 2.70. The molecule has 2 N–H and O–H groups in total. The van der Waals surface area contributed by atoms with E-state index in [4.69, 9.17) is 10.0 Å². The zero-order chi connectivity index (χ0) is 9.61. The van der Waals surface area contributed by atoms with Gasteiger partial charge in [0.2, 0.25) is 0 Å². The monoisotopic (exact) mass is 184 g/mol. The summed E-state index contributed by atoms with van der Waals surface area (Å²) in [6.07, 6.45) is -3.84. The molecule has 0 aliphatic rings. The van der Waals surface area contributed by atoms with E-state index in [1.54, 1.807) is 0 Å². The highest BCUT2D eigenvalue weighted by molar-refractivity contribution is 6.40. The fourth-order valence-corrected chi connectivity index (χ4v) is 0.829. The van der Waals surface area contributed by atoms with Crippen LogP contribution >= 0.6 is 0 Å². The van der Waals surface area contributed by atoms with Crippen LogP contribution in [0, 0.1) is 0 Å². The van der Waals surface area contributed by atoms with E-state index in [2.05, 4.69) is 0 Å². The Bertz CT molecular complexity index is 116. The maximum Gasteiger partial charge on any atom is 0.451 e. The Hall–Kier alpha value is -0.225. The molecule has 0 aromatic heterocycles. The van der Waals surface area contributed by atoms with Crippen LogP contribution in [0.4, 0.5) is 13.2 Å². The van der Waals surface area contributed by atoms with Gasteiger partial charge < -0.3 is 10.0 Å². The molecule has 0 fully saturated rings. The summed E-state index contributed by atoms with van der Waals surface area (Å²) in [5.74, 6) is 0. The smallest absolute Gasteiger partial charge is 0.427 e. The van der Waals surface area contributed by atoms with Gasteiger partial charge in [-0.3, -0.25) is 0 Å². The third-order valence-electron chi connectivity index (χ3n) is 1.42. The fourth-order valence-electron chi connectivity index (χ4n) is 0.829. The van der Waals surface area contributed by atoms with Gasteiger partial charge in [0, 0.05) is 6.42 Å². The molecule has 0 aromatic carbocycles. The van der Waals surface area contributed by atoms with Crippen molar-refractivity contribution in [1.29, 1.82) is 0 Å². The van der Waals surface area contributed by atoms with Crippen molar-refractivity contribution >= 4 is 7.12 Å². The van der Waals surface area contributed by atoms with E-state index in [0.29, 0.717) is 12.8 Å². The number of alkyl halides is 3. The normalized spacial score (nSPS) is 11.8. The fraction of sp³-hybridized carbons (Fsp3) is 1.00. The summed E-state index contributed by atoms with van der Waals surface area (Å²) in [7, 11) is -1.39. The Morgan fingerprint density at radius 3 is 2.00 bits per heavy atom. The molecule has 0 rings (SSSR count). The van der Waals surface area contributed by atoms with E-state index in [1.165, 1.54) is 0 Å². The van der Waals surface area contributed by atoms with Gasteiger partial charge in [0.25, 0.3) is 0 Å². The van der Waals surface area contributed by atoms with E-state index in [-0.39, 0.29) is 12.7 Å². The predicted molar refractivity (Wildman–Crippen MR) is 39.5 cm³/mol. The lowest BCUT2D eigenvalue weighted by molar-refractivity contribution is -0.135. The molecule has 0 unspecified atom stereocenters. The summed E-state index contributed by atoms with van der Waals surface area (Å²) in [5, 5.41) is 16.7. The molecular formula is C6H12BF3O2. The third-order valence-corrected chi connectivity index (χ3v) is 1.42. The van der Waals surface area contributed by atoms with Crippen LogP contribution in [0.2, 0.25) is 6.32 Å². The molecular weight excluding hydrogens is 172 g/mol. The number of hydrogen-bond donors (Lipinski definition) is 2. The highest BCUT2D eigenvalue weighted by Crippen LogP contribution is 2.22. The predicted octanol–water partition coefficient (Wildman–Crippen LogP) is 1.58. The first kappa shape index (κ1) is 11.8. The van der Waals surface area contributed by atoms with Crippen LogP contribution in [0.3, 0.4) is 0 Å². The number of hydrogen-bond acceptors (Lipinski definition) is 2. The van der Waals surface area contributed by atoms with Gasteiger partial charge in [-0.2, -0.15) is 13.2 Å². The van der Waals surface area contributed by atoms with E-state index < -0.39 is 19.7 Å². The Morgan fingerprint density at radius 1 is 1.00 bits per heavy atom. The number of unbranched alkanes of at least 4 members (excludes halogenated alkanes) is 2. The average Bonchev–Trinajstić information content (AvgIpc) is 1.83. The van der Waals surface area contributed by atoms with Gasteiger partial charge in [0.1, 0.15) is 0 Å². The van der Waals surface area contributed by atoms with E-state index in [1.807, 2.05) is 0 Å². The maximum atomic E-state index is 11.5. The highest BCUT2D eigenvalue weighted by Gasteiger charge is 2.25. The number of halogens is 3. The van der Waals surface area contributed by atoms with Crippen LogP contribution in [0.5, 0.6) is 0 Å². The lowest BCUT2D eigenvalue weighted by Crippen LogP contribution is -2.10. The summed E-state index contributed by atoms with van der Waals surface area (Å²) in [6, 6.07) is 0. The first-order valence-electron chi connectivity index (χ1n) is 3.85. The standard InChI is InChI=1S/C6H12BF3O2/c8-6(9,10)4-2-1-3-5-7(11)12/h11-12H,1-5H2. The van der Waals surface area contributed by atoms with Crippen molar-refractivity contribution in [3.63, 3.8) is 0 Å². The van der Waals surface area contributed by atoms with Gasteiger partial charge in [0.05, 0.1) is 0 Å². The van der Waals surface area contributed by atoms with Gasteiger partial charge in [-0.25, -0.2) is 0 Å². The van der Waals surface area contributed by atoms with Gasteiger partial charge in [-0.05, 0) is 12.7 Å². The van der Waals surface area contributed by atoms with Crippen molar-refractivity contribution in [1.82, 2.24) is 0 Å². The van der Waals surface area contributed by atoms with Crippen molar-refractivity contribution in [2.45, 2.75) is 38.2 Å². The topological polar surface area (TPSA) is 40.5 Å². The highest BCUT2D eigenvalue weighted by atomic mass is 19.4. The molecule has 6 heteroatoms. The molecule has 0 aromatic rings. The number of rotatable bonds is 5. The van der Waals surface area contributed by atoms with Crippen LogP contribution < -0.4 is 0 Å². The van der Waals surface area contributed by atoms with Crippen molar-refractivity contribution < 1.29 is 23.2 Å². The first-order chi connectivity index (χ1) is 5.42. The SMILES string of the molecule is OB(O)CCCCCC(F)(F)F. The Labute approximate surface area is 69.5 Å². The molecule has 0 spiro atoms. The van der Waals surface area contributed by atoms with Crippen LogP contribution in [-0.4, -0.2) is 23.3 Å². The maximum absolute atomic E-state index is 11.5. The Morgan fingerprint density at radius 2 is 1.58 bits per heavy atom. The molecule has 0 radical (unpaired) electrons. The zero-order valence-electron chi connectivity index (χ0n) is 6.64. The van der Waals surface area contributed by atoms with Gasteiger partial charge >= 0.3 is 13.3 Å². The Kier molecular flexibility index (Phi) is 5.32. The second kappa shape index (κ2) is 5.43.